The smallest absolute Gasteiger partial charge is 0.142 e. The molecule has 0 saturated carbocycles. The number of thiophene rings is 1. The summed E-state index contributed by atoms with van der Waals surface area (Å²) in [7, 11) is 0. The number of rotatable bonds is 3. The third kappa shape index (κ3) is 2.86. The van der Waals surface area contributed by atoms with E-state index in [4.69, 9.17) is 17.3 Å². The molecule has 1 aromatic heterocycles. The van der Waals surface area contributed by atoms with Gasteiger partial charge in [0.05, 0.1) is 5.02 Å². The Kier molecular flexibility index (Phi) is 3.82. The minimum atomic E-state index is -0.390. The van der Waals surface area contributed by atoms with E-state index in [2.05, 4.69) is 0 Å². The third-order valence-corrected chi connectivity index (χ3v) is 4.14. The molecule has 1 aromatic carbocycles. The van der Waals surface area contributed by atoms with E-state index in [9.17, 15) is 4.39 Å². The molecule has 0 aliphatic carbocycles. The minimum absolute atomic E-state index is 0.0874. The van der Waals surface area contributed by atoms with Crippen molar-refractivity contribution in [3.63, 3.8) is 0 Å². The van der Waals surface area contributed by atoms with E-state index in [0.717, 1.165) is 10.4 Å². The number of hydrogen-bond donors (Lipinski definition) is 1. The maximum Gasteiger partial charge on any atom is 0.142 e. The summed E-state index contributed by atoms with van der Waals surface area (Å²) in [5.41, 5.74) is 8.17. The van der Waals surface area contributed by atoms with Crippen LogP contribution in [0.1, 0.15) is 22.0 Å². The van der Waals surface area contributed by atoms with Crippen LogP contribution in [-0.2, 0) is 6.42 Å². The molecule has 2 N–H and O–H groups in total. The summed E-state index contributed by atoms with van der Waals surface area (Å²) in [6.45, 7) is 2.04. The highest BCUT2D eigenvalue weighted by atomic mass is 35.5. The van der Waals surface area contributed by atoms with Crippen LogP contribution in [0, 0.1) is 12.7 Å². The molecule has 0 bridgehead atoms. The van der Waals surface area contributed by atoms with E-state index >= 15 is 0 Å². The molecular formula is C13H13ClFNS. The van der Waals surface area contributed by atoms with Crippen molar-refractivity contribution in [2.24, 2.45) is 5.73 Å². The highest BCUT2D eigenvalue weighted by Gasteiger charge is 2.12. The zero-order valence-corrected chi connectivity index (χ0v) is 11.0. The lowest BCUT2D eigenvalue weighted by Crippen LogP contribution is -2.13. The summed E-state index contributed by atoms with van der Waals surface area (Å²) in [6.07, 6.45) is 0.620. The molecule has 1 unspecified atom stereocenters. The van der Waals surface area contributed by atoms with Gasteiger partial charge in [0.1, 0.15) is 5.82 Å². The normalized spacial score (nSPS) is 12.7. The lowest BCUT2D eigenvalue weighted by Gasteiger charge is -2.11. The van der Waals surface area contributed by atoms with E-state index in [1.54, 1.807) is 17.4 Å². The molecule has 0 radical (unpaired) electrons. The maximum absolute atomic E-state index is 13.3. The van der Waals surface area contributed by atoms with Crippen LogP contribution in [0.3, 0.4) is 0 Å². The van der Waals surface area contributed by atoms with Crippen LogP contribution < -0.4 is 5.73 Å². The van der Waals surface area contributed by atoms with Gasteiger partial charge < -0.3 is 5.73 Å². The zero-order chi connectivity index (χ0) is 12.4. The Bertz CT molecular complexity index is 524. The molecule has 0 spiro atoms. The SMILES string of the molecule is Cc1ccsc1C(N)Cc1ccc(Cl)c(F)c1. The van der Waals surface area contributed by atoms with Gasteiger partial charge in [-0.05, 0) is 48.1 Å². The standard InChI is InChI=1S/C13H13ClFNS/c1-8-4-5-17-13(8)12(16)7-9-2-3-10(14)11(15)6-9/h2-6,12H,7,16H2,1H3. The first-order chi connectivity index (χ1) is 8.08. The van der Waals surface area contributed by atoms with E-state index in [1.165, 1.54) is 11.6 Å². The van der Waals surface area contributed by atoms with Gasteiger partial charge in [-0.15, -0.1) is 11.3 Å². The van der Waals surface area contributed by atoms with E-state index in [-0.39, 0.29) is 16.9 Å². The fourth-order valence-corrected chi connectivity index (χ4v) is 2.83. The zero-order valence-electron chi connectivity index (χ0n) is 9.41. The Hall–Kier alpha value is -0.900. The van der Waals surface area contributed by atoms with Gasteiger partial charge in [0, 0.05) is 10.9 Å². The van der Waals surface area contributed by atoms with Gasteiger partial charge >= 0.3 is 0 Å². The molecule has 17 heavy (non-hydrogen) atoms. The summed E-state index contributed by atoms with van der Waals surface area (Å²) >= 11 is 7.28. The topological polar surface area (TPSA) is 26.0 Å². The van der Waals surface area contributed by atoms with Crippen LogP contribution in [0.2, 0.25) is 5.02 Å². The van der Waals surface area contributed by atoms with Gasteiger partial charge in [0.25, 0.3) is 0 Å². The summed E-state index contributed by atoms with van der Waals surface area (Å²) < 4.78 is 13.3. The van der Waals surface area contributed by atoms with Crippen LogP contribution in [-0.4, -0.2) is 0 Å². The van der Waals surface area contributed by atoms with Crippen molar-refractivity contribution in [1.29, 1.82) is 0 Å². The Labute approximate surface area is 109 Å². The number of nitrogens with two attached hydrogens (primary N) is 1. The van der Waals surface area contributed by atoms with Crippen LogP contribution in [0.4, 0.5) is 4.39 Å². The molecule has 0 saturated heterocycles. The Morgan fingerprint density at radius 3 is 2.76 bits per heavy atom. The molecule has 0 aliphatic rings. The fraction of sp³-hybridized carbons (Fsp3) is 0.231. The second-order valence-corrected chi connectivity index (χ2v) is 5.38. The van der Waals surface area contributed by atoms with Crippen LogP contribution in [0.15, 0.2) is 29.6 Å². The molecule has 0 fully saturated rings. The van der Waals surface area contributed by atoms with Gasteiger partial charge in [-0.3, -0.25) is 0 Å². The average molecular weight is 270 g/mol. The number of benzene rings is 1. The van der Waals surface area contributed by atoms with Gasteiger partial charge in [-0.2, -0.15) is 0 Å². The first kappa shape index (κ1) is 12.6. The summed E-state index contributed by atoms with van der Waals surface area (Å²) in [4.78, 5) is 1.15. The van der Waals surface area contributed by atoms with Gasteiger partial charge in [-0.25, -0.2) is 4.39 Å². The molecule has 2 rings (SSSR count). The van der Waals surface area contributed by atoms with E-state index in [1.807, 2.05) is 24.4 Å². The van der Waals surface area contributed by atoms with E-state index < -0.39 is 0 Å². The Morgan fingerprint density at radius 1 is 1.41 bits per heavy atom. The molecule has 2 aromatic rings. The van der Waals surface area contributed by atoms with Gasteiger partial charge in [-0.1, -0.05) is 17.7 Å². The lowest BCUT2D eigenvalue weighted by molar-refractivity contribution is 0.623. The first-order valence-corrected chi connectivity index (χ1v) is 6.57. The molecule has 1 heterocycles. The van der Waals surface area contributed by atoms with Crippen molar-refractivity contribution in [2.45, 2.75) is 19.4 Å². The summed E-state index contributed by atoms with van der Waals surface area (Å²) in [5, 5.41) is 2.17. The largest absolute Gasteiger partial charge is 0.323 e. The quantitative estimate of drug-likeness (QED) is 0.892. The highest BCUT2D eigenvalue weighted by Crippen LogP contribution is 2.26. The molecule has 1 nitrogen and oxygen atoms in total. The Morgan fingerprint density at radius 2 is 2.18 bits per heavy atom. The van der Waals surface area contributed by atoms with Gasteiger partial charge in [0.2, 0.25) is 0 Å². The van der Waals surface area contributed by atoms with E-state index in [0.29, 0.717) is 6.42 Å². The monoisotopic (exact) mass is 269 g/mol. The fourth-order valence-electron chi connectivity index (χ4n) is 1.78. The second-order valence-electron chi connectivity index (χ2n) is 4.03. The van der Waals surface area contributed by atoms with Crippen molar-refractivity contribution >= 4 is 22.9 Å². The number of hydrogen-bond acceptors (Lipinski definition) is 2. The Balaban J connectivity index is 2.16. The van der Waals surface area contributed by atoms with Crippen molar-refractivity contribution in [3.8, 4) is 0 Å². The average Bonchev–Trinajstić information content (AvgIpc) is 2.70. The van der Waals surface area contributed by atoms with Crippen LogP contribution >= 0.6 is 22.9 Å². The molecule has 0 aliphatic heterocycles. The van der Waals surface area contributed by atoms with Crippen molar-refractivity contribution in [1.82, 2.24) is 0 Å². The molecule has 90 valence electrons. The van der Waals surface area contributed by atoms with Crippen molar-refractivity contribution < 1.29 is 4.39 Å². The van der Waals surface area contributed by atoms with Gasteiger partial charge in [0.15, 0.2) is 0 Å². The predicted molar refractivity (Wildman–Crippen MR) is 71.1 cm³/mol. The van der Waals surface area contributed by atoms with Crippen molar-refractivity contribution in [3.05, 3.63) is 56.5 Å². The van der Waals surface area contributed by atoms with Crippen LogP contribution in [0.5, 0.6) is 0 Å². The number of halogens is 2. The minimum Gasteiger partial charge on any atom is -0.323 e. The third-order valence-electron chi connectivity index (χ3n) is 2.68. The second kappa shape index (κ2) is 5.17. The predicted octanol–water partition coefficient (Wildman–Crippen LogP) is 4.09. The molecule has 0 amide bonds. The highest BCUT2D eigenvalue weighted by molar-refractivity contribution is 7.10. The number of aryl methyl sites for hydroxylation is 1. The summed E-state index contributed by atoms with van der Waals surface area (Å²) in [5.74, 6) is -0.390. The summed E-state index contributed by atoms with van der Waals surface area (Å²) in [6, 6.07) is 6.79. The molecule has 4 heteroatoms. The first-order valence-electron chi connectivity index (χ1n) is 5.31. The maximum atomic E-state index is 13.3. The lowest BCUT2D eigenvalue weighted by atomic mass is 10.0. The van der Waals surface area contributed by atoms with Crippen LogP contribution in [0.25, 0.3) is 0 Å². The van der Waals surface area contributed by atoms with Crippen molar-refractivity contribution in [2.75, 3.05) is 0 Å². The molecule has 1 atom stereocenters. The molecular weight excluding hydrogens is 257 g/mol.